The SMILES string of the molecule is CCC(=O)N1CC[C@H]2[C@H](C[C@@H](CN(C)C)N2c2nccs2)C1. The van der Waals surface area contributed by atoms with Crippen molar-refractivity contribution in [1.29, 1.82) is 0 Å². The van der Waals surface area contributed by atoms with Crippen molar-refractivity contribution in [2.24, 2.45) is 5.92 Å². The monoisotopic (exact) mass is 322 g/mol. The molecule has 3 heterocycles. The van der Waals surface area contributed by atoms with Crippen LogP contribution < -0.4 is 4.90 Å². The Balaban J connectivity index is 1.78. The van der Waals surface area contributed by atoms with Gasteiger partial charge in [0.15, 0.2) is 5.13 Å². The third kappa shape index (κ3) is 2.99. The first kappa shape index (κ1) is 15.7. The van der Waals surface area contributed by atoms with Crippen molar-refractivity contribution < 1.29 is 4.79 Å². The van der Waals surface area contributed by atoms with E-state index in [2.05, 4.69) is 39.2 Å². The van der Waals surface area contributed by atoms with E-state index in [-0.39, 0.29) is 0 Å². The van der Waals surface area contributed by atoms with E-state index >= 15 is 0 Å². The Hall–Kier alpha value is -1.14. The Morgan fingerprint density at radius 3 is 2.95 bits per heavy atom. The van der Waals surface area contributed by atoms with E-state index in [0.29, 0.717) is 30.3 Å². The molecule has 0 saturated carbocycles. The van der Waals surface area contributed by atoms with Crippen LogP contribution >= 0.6 is 11.3 Å². The van der Waals surface area contributed by atoms with Crippen LogP contribution in [0, 0.1) is 5.92 Å². The van der Waals surface area contributed by atoms with Crippen LogP contribution in [0.1, 0.15) is 26.2 Å². The summed E-state index contributed by atoms with van der Waals surface area (Å²) in [6.07, 6.45) is 4.75. The van der Waals surface area contributed by atoms with Crippen molar-refractivity contribution in [3.63, 3.8) is 0 Å². The van der Waals surface area contributed by atoms with Crippen molar-refractivity contribution >= 4 is 22.4 Å². The van der Waals surface area contributed by atoms with E-state index in [0.717, 1.165) is 37.6 Å². The normalized spacial score (nSPS) is 28.3. The van der Waals surface area contributed by atoms with Crippen LogP contribution in [0.25, 0.3) is 0 Å². The van der Waals surface area contributed by atoms with Crippen molar-refractivity contribution in [2.45, 2.75) is 38.3 Å². The molecule has 0 bridgehead atoms. The first-order valence-corrected chi connectivity index (χ1v) is 9.08. The highest BCUT2D eigenvalue weighted by Crippen LogP contribution is 2.40. The lowest BCUT2D eigenvalue weighted by Crippen LogP contribution is -2.49. The molecule has 0 N–H and O–H groups in total. The molecule has 2 aliphatic heterocycles. The fourth-order valence-electron chi connectivity index (χ4n) is 4.03. The number of amides is 1. The minimum atomic E-state index is 0.301. The quantitative estimate of drug-likeness (QED) is 0.849. The summed E-state index contributed by atoms with van der Waals surface area (Å²) in [4.78, 5) is 23.5. The second kappa shape index (κ2) is 6.54. The average Bonchev–Trinajstić information content (AvgIpc) is 3.11. The lowest BCUT2D eigenvalue weighted by atomic mass is 9.92. The van der Waals surface area contributed by atoms with Crippen molar-refractivity contribution in [1.82, 2.24) is 14.8 Å². The van der Waals surface area contributed by atoms with E-state index in [1.54, 1.807) is 11.3 Å². The molecule has 2 aliphatic rings. The third-order valence-corrected chi connectivity index (χ3v) is 5.68. The number of rotatable bonds is 4. The summed E-state index contributed by atoms with van der Waals surface area (Å²) in [7, 11) is 4.27. The second-order valence-electron chi connectivity index (χ2n) is 6.68. The average molecular weight is 322 g/mol. The molecule has 0 aliphatic carbocycles. The van der Waals surface area contributed by atoms with E-state index < -0.39 is 0 Å². The summed E-state index contributed by atoms with van der Waals surface area (Å²) in [5.74, 6) is 0.883. The summed E-state index contributed by atoms with van der Waals surface area (Å²) in [5, 5.41) is 3.21. The number of nitrogens with zero attached hydrogens (tertiary/aromatic N) is 4. The number of likely N-dealkylation sites (N-methyl/N-ethyl adjacent to an activating group) is 1. The van der Waals surface area contributed by atoms with Gasteiger partial charge in [0.2, 0.25) is 5.91 Å². The van der Waals surface area contributed by atoms with E-state index in [9.17, 15) is 4.79 Å². The minimum Gasteiger partial charge on any atom is -0.342 e. The minimum absolute atomic E-state index is 0.301. The summed E-state index contributed by atoms with van der Waals surface area (Å²) in [6.45, 7) is 4.82. The summed E-state index contributed by atoms with van der Waals surface area (Å²) in [5.41, 5.74) is 0. The molecule has 2 fully saturated rings. The Labute approximate surface area is 136 Å². The van der Waals surface area contributed by atoms with Gasteiger partial charge in [0.25, 0.3) is 0 Å². The first-order chi connectivity index (χ1) is 10.6. The first-order valence-electron chi connectivity index (χ1n) is 8.20. The number of hydrogen-bond donors (Lipinski definition) is 0. The smallest absolute Gasteiger partial charge is 0.222 e. The number of piperidine rings is 1. The predicted molar refractivity (Wildman–Crippen MR) is 90.3 cm³/mol. The molecule has 1 aromatic heterocycles. The molecule has 1 amide bonds. The fourth-order valence-corrected chi connectivity index (χ4v) is 4.80. The molecule has 2 saturated heterocycles. The second-order valence-corrected chi connectivity index (χ2v) is 7.56. The van der Waals surface area contributed by atoms with Crippen LogP contribution in [0.5, 0.6) is 0 Å². The molecule has 5 nitrogen and oxygen atoms in total. The predicted octanol–water partition coefficient (Wildman–Crippen LogP) is 1.91. The van der Waals surface area contributed by atoms with Gasteiger partial charge in [-0.25, -0.2) is 4.98 Å². The fraction of sp³-hybridized carbons (Fsp3) is 0.750. The molecule has 3 rings (SSSR count). The van der Waals surface area contributed by atoms with E-state index in [1.807, 2.05) is 13.1 Å². The zero-order chi connectivity index (χ0) is 15.7. The standard InChI is InChI=1S/C16H26N4OS/c1-4-15(21)19-7-5-14-12(10-19)9-13(11-18(2)3)20(14)16-17-6-8-22-16/h6,8,12-14H,4-5,7,9-11H2,1-3H3/t12-,13+,14+/m1/s1. The van der Waals surface area contributed by atoms with Gasteiger partial charge in [-0.2, -0.15) is 0 Å². The third-order valence-electron chi connectivity index (χ3n) is 4.89. The molecule has 1 aromatic rings. The highest BCUT2D eigenvalue weighted by molar-refractivity contribution is 7.13. The number of carbonyl (C=O) groups excluding carboxylic acids is 1. The molecular formula is C16H26N4OS. The van der Waals surface area contributed by atoms with Crippen molar-refractivity contribution in [2.75, 3.05) is 38.6 Å². The van der Waals surface area contributed by atoms with Crippen molar-refractivity contribution in [3.8, 4) is 0 Å². The highest BCUT2D eigenvalue weighted by Gasteiger charge is 2.45. The van der Waals surface area contributed by atoms with Crippen LogP contribution in [0.3, 0.4) is 0 Å². The number of likely N-dealkylation sites (tertiary alicyclic amines) is 1. The Morgan fingerprint density at radius 1 is 1.50 bits per heavy atom. The topological polar surface area (TPSA) is 39.7 Å². The zero-order valence-electron chi connectivity index (χ0n) is 13.7. The van der Waals surface area contributed by atoms with Gasteiger partial charge in [-0.3, -0.25) is 4.79 Å². The molecule has 0 unspecified atom stereocenters. The van der Waals surface area contributed by atoms with Crippen LogP contribution in [0.2, 0.25) is 0 Å². The van der Waals surface area contributed by atoms with Crippen LogP contribution in [-0.4, -0.2) is 66.5 Å². The maximum Gasteiger partial charge on any atom is 0.222 e. The summed E-state index contributed by atoms with van der Waals surface area (Å²) < 4.78 is 0. The van der Waals surface area contributed by atoms with Gasteiger partial charge in [0.05, 0.1) is 0 Å². The van der Waals surface area contributed by atoms with Gasteiger partial charge >= 0.3 is 0 Å². The molecule has 122 valence electrons. The number of aromatic nitrogens is 1. The van der Waals surface area contributed by atoms with Gasteiger partial charge < -0.3 is 14.7 Å². The maximum absolute atomic E-state index is 12.0. The molecule has 3 atom stereocenters. The molecule has 0 radical (unpaired) electrons. The molecule has 0 spiro atoms. The summed E-state index contributed by atoms with van der Waals surface area (Å²) >= 11 is 1.73. The van der Waals surface area contributed by atoms with Crippen LogP contribution in [-0.2, 0) is 4.79 Å². The molecular weight excluding hydrogens is 296 g/mol. The van der Waals surface area contributed by atoms with Crippen LogP contribution in [0.4, 0.5) is 5.13 Å². The number of anilines is 1. The Morgan fingerprint density at radius 2 is 2.32 bits per heavy atom. The lowest BCUT2D eigenvalue weighted by Gasteiger charge is -2.38. The lowest BCUT2D eigenvalue weighted by molar-refractivity contribution is -0.132. The van der Waals surface area contributed by atoms with E-state index in [4.69, 9.17) is 0 Å². The van der Waals surface area contributed by atoms with Gasteiger partial charge in [0.1, 0.15) is 0 Å². The van der Waals surface area contributed by atoms with Crippen molar-refractivity contribution in [3.05, 3.63) is 11.6 Å². The van der Waals surface area contributed by atoms with Gasteiger partial charge in [0, 0.05) is 49.7 Å². The van der Waals surface area contributed by atoms with Crippen LogP contribution in [0.15, 0.2) is 11.6 Å². The molecule has 0 aromatic carbocycles. The number of fused-ring (bicyclic) bond motifs is 1. The number of thiazole rings is 1. The molecule has 6 heteroatoms. The zero-order valence-corrected chi connectivity index (χ0v) is 14.6. The van der Waals surface area contributed by atoms with Gasteiger partial charge in [-0.1, -0.05) is 6.92 Å². The number of hydrogen-bond acceptors (Lipinski definition) is 5. The summed E-state index contributed by atoms with van der Waals surface area (Å²) in [6, 6.07) is 1.05. The number of carbonyl (C=O) groups is 1. The maximum atomic E-state index is 12.0. The van der Waals surface area contributed by atoms with E-state index in [1.165, 1.54) is 0 Å². The Kier molecular flexibility index (Phi) is 4.68. The Bertz CT molecular complexity index is 504. The molecule has 22 heavy (non-hydrogen) atoms. The largest absolute Gasteiger partial charge is 0.342 e. The van der Waals surface area contributed by atoms with Gasteiger partial charge in [-0.05, 0) is 32.9 Å². The highest BCUT2D eigenvalue weighted by atomic mass is 32.1. The van der Waals surface area contributed by atoms with Gasteiger partial charge in [-0.15, -0.1) is 11.3 Å².